The third-order valence-electron chi connectivity index (χ3n) is 6.51. The van der Waals surface area contributed by atoms with Gasteiger partial charge in [0.2, 0.25) is 0 Å². The Balaban J connectivity index is 1.49. The normalized spacial score (nSPS) is 25.1. The number of carbonyl (C=O) groups excluding carboxylic acids is 1. The Hall–Kier alpha value is -3.57. The van der Waals surface area contributed by atoms with E-state index in [4.69, 9.17) is 4.74 Å². The maximum absolute atomic E-state index is 13.5. The quantitative estimate of drug-likeness (QED) is 0.258. The van der Waals surface area contributed by atoms with Gasteiger partial charge in [-0.25, -0.2) is 4.79 Å². The summed E-state index contributed by atoms with van der Waals surface area (Å²) in [7, 11) is 0. The second-order valence-electron chi connectivity index (χ2n) is 8.41. The molecule has 1 aliphatic heterocycles. The Bertz CT molecular complexity index is 1380. The highest BCUT2D eigenvalue weighted by atomic mass is 16.6. The Kier molecular flexibility index (Phi) is 5.45. The zero-order valence-electron chi connectivity index (χ0n) is 18.0. The van der Waals surface area contributed by atoms with Crippen molar-refractivity contribution in [3.63, 3.8) is 0 Å². The summed E-state index contributed by atoms with van der Waals surface area (Å²) < 4.78 is 6.32. The molecule has 10 nitrogen and oxygen atoms in total. The smallest absolute Gasteiger partial charge is 0.331 e. The highest BCUT2D eigenvalue weighted by molar-refractivity contribution is 5.84. The molecule has 0 bridgehead atoms. The lowest BCUT2D eigenvalue weighted by molar-refractivity contribution is -0.178. The average molecular weight is 465 g/mol. The van der Waals surface area contributed by atoms with E-state index in [0.717, 1.165) is 39.1 Å². The van der Waals surface area contributed by atoms with E-state index in [1.165, 1.54) is 5.56 Å². The molecule has 3 aromatic rings. The molecule has 5 rings (SSSR count). The van der Waals surface area contributed by atoms with E-state index >= 15 is 0 Å². The van der Waals surface area contributed by atoms with Crippen LogP contribution in [-0.4, -0.2) is 55.7 Å². The number of nitrogens with one attached hydrogen (secondary N) is 2. The number of ether oxygens (including phenoxy) is 1. The number of H-pyrrole nitrogens is 1. The van der Waals surface area contributed by atoms with Crippen LogP contribution in [-0.2, 0) is 28.2 Å². The largest absolute Gasteiger partial charge is 0.394 e. The van der Waals surface area contributed by atoms with Crippen LogP contribution in [0.2, 0.25) is 0 Å². The van der Waals surface area contributed by atoms with E-state index in [2.05, 4.69) is 11.4 Å². The number of aromatic nitrogens is 2. The van der Waals surface area contributed by atoms with Crippen molar-refractivity contribution in [2.45, 2.75) is 37.0 Å². The molecular weight excluding hydrogens is 442 g/mol. The van der Waals surface area contributed by atoms with Gasteiger partial charge in [0, 0.05) is 18.8 Å². The number of aromatic amines is 1. The molecular formula is C24H23N3O7. The molecule has 1 saturated heterocycles. The second kappa shape index (κ2) is 8.33. The van der Waals surface area contributed by atoms with Crippen LogP contribution in [0.1, 0.15) is 16.7 Å². The molecule has 1 aliphatic carbocycles. The lowest BCUT2D eigenvalue weighted by Crippen LogP contribution is -2.60. The van der Waals surface area contributed by atoms with Gasteiger partial charge in [0.15, 0.2) is 0 Å². The van der Waals surface area contributed by atoms with E-state index in [1.54, 1.807) is 0 Å². The Morgan fingerprint density at radius 3 is 2.62 bits per heavy atom. The number of aliphatic hydroxyl groups is 3. The van der Waals surface area contributed by atoms with Crippen molar-refractivity contribution < 1.29 is 24.9 Å². The summed E-state index contributed by atoms with van der Waals surface area (Å²) in [5.41, 5.74) is 1.17. The van der Waals surface area contributed by atoms with Gasteiger partial charge in [-0.15, -0.1) is 0 Å². The van der Waals surface area contributed by atoms with Crippen LogP contribution in [0.5, 0.6) is 0 Å². The third kappa shape index (κ3) is 3.31. The van der Waals surface area contributed by atoms with Gasteiger partial charge in [-0.3, -0.25) is 19.1 Å². The molecule has 0 spiro atoms. The predicted molar refractivity (Wildman–Crippen MR) is 120 cm³/mol. The summed E-state index contributed by atoms with van der Waals surface area (Å²) in [6.07, 6.45) is -3.15. The number of hydrogen-bond donors (Lipinski definition) is 5. The minimum atomic E-state index is -2.39. The van der Waals surface area contributed by atoms with Crippen LogP contribution in [0.4, 0.5) is 0 Å². The molecule has 1 fully saturated rings. The van der Waals surface area contributed by atoms with E-state index in [9.17, 15) is 29.7 Å². The summed E-state index contributed by atoms with van der Waals surface area (Å²) in [5, 5.41) is 33.4. The van der Waals surface area contributed by atoms with Crippen molar-refractivity contribution in [1.29, 1.82) is 0 Å². The van der Waals surface area contributed by atoms with Gasteiger partial charge in [-0.05, 0) is 34.2 Å². The SMILES string of the molecule is O=C(NCc1cccc2c1Cc1ccccc1-2)[C@@]1(n2ccc(=O)[nH]c2=O)O[C@H](CO)[C@@H](O)[C@H]1O. The third-order valence-corrected chi connectivity index (χ3v) is 6.51. The summed E-state index contributed by atoms with van der Waals surface area (Å²) >= 11 is 0. The monoisotopic (exact) mass is 465 g/mol. The van der Waals surface area contributed by atoms with Gasteiger partial charge in [0.05, 0.1) is 6.61 Å². The number of amides is 1. The number of aliphatic hydroxyl groups excluding tert-OH is 3. The van der Waals surface area contributed by atoms with Crippen molar-refractivity contribution in [3.8, 4) is 11.1 Å². The van der Waals surface area contributed by atoms with Crippen LogP contribution >= 0.6 is 0 Å². The number of nitrogens with zero attached hydrogens (tertiary/aromatic N) is 1. The number of fused-ring (bicyclic) bond motifs is 3. The molecule has 4 atom stereocenters. The number of hydrogen-bond acceptors (Lipinski definition) is 7. The van der Waals surface area contributed by atoms with Crippen LogP contribution in [0.15, 0.2) is 64.3 Å². The predicted octanol–water partition coefficient (Wildman–Crippen LogP) is -0.810. The van der Waals surface area contributed by atoms with Gasteiger partial charge in [0.1, 0.15) is 18.3 Å². The maximum Gasteiger partial charge on any atom is 0.331 e. The molecule has 34 heavy (non-hydrogen) atoms. The van der Waals surface area contributed by atoms with Crippen molar-refractivity contribution in [2.75, 3.05) is 6.61 Å². The Labute approximate surface area is 193 Å². The maximum atomic E-state index is 13.5. The highest BCUT2D eigenvalue weighted by Gasteiger charge is 2.60. The van der Waals surface area contributed by atoms with Crippen LogP contribution < -0.4 is 16.6 Å². The van der Waals surface area contributed by atoms with E-state index in [1.807, 2.05) is 41.4 Å². The first-order chi connectivity index (χ1) is 16.4. The average Bonchev–Trinajstić information content (AvgIpc) is 3.34. The molecule has 0 unspecified atom stereocenters. The molecule has 2 heterocycles. The molecule has 2 aromatic carbocycles. The first-order valence-corrected chi connectivity index (χ1v) is 10.8. The number of benzene rings is 2. The van der Waals surface area contributed by atoms with Gasteiger partial charge >= 0.3 is 5.69 Å². The summed E-state index contributed by atoms with van der Waals surface area (Å²) in [6, 6.07) is 14.8. The molecule has 0 radical (unpaired) electrons. The molecule has 0 saturated carbocycles. The fourth-order valence-corrected chi connectivity index (χ4v) is 4.82. The minimum absolute atomic E-state index is 0.0613. The van der Waals surface area contributed by atoms with Gasteiger partial charge < -0.3 is 25.4 Å². The van der Waals surface area contributed by atoms with Crippen molar-refractivity contribution in [2.24, 2.45) is 0 Å². The van der Waals surface area contributed by atoms with Crippen LogP contribution in [0, 0.1) is 0 Å². The highest BCUT2D eigenvalue weighted by Crippen LogP contribution is 2.38. The summed E-state index contributed by atoms with van der Waals surface area (Å²) in [5.74, 6) is -0.905. The fraction of sp³-hybridized carbons (Fsp3) is 0.292. The van der Waals surface area contributed by atoms with E-state index in [-0.39, 0.29) is 6.54 Å². The number of rotatable bonds is 5. The zero-order chi connectivity index (χ0) is 24.0. The van der Waals surface area contributed by atoms with Crippen molar-refractivity contribution in [3.05, 3.63) is 92.3 Å². The minimum Gasteiger partial charge on any atom is -0.394 e. The molecule has 1 aromatic heterocycles. The first kappa shape index (κ1) is 22.2. The molecule has 10 heteroatoms. The van der Waals surface area contributed by atoms with Gasteiger partial charge in [0.25, 0.3) is 17.2 Å². The summed E-state index contributed by atoms with van der Waals surface area (Å²) in [4.78, 5) is 39.6. The zero-order valence-corrected chi connectivity index (χ0v) is 18.0. The fourth-order valence-electron chi connectivity index (χ4n) is 4.82. The van der Waals surface area contributed by atoms with Crippen molar-refractivity contribution >= 4 is 5.91 Å². The van der Waals surface area contributed by atoms with Gasteiger partial charge in [-0.2, -0.15) is 0 Å². The molecule has 176 valence electrons. The van der Waals surface area contributed by atoms with Crippen LogP contribution in [0.3, 0.4) is 0 Å². The summed E-state index contributed by atoms with van der Waals surface area (Å²) in [6.45, 7) is -0.637. The van der Waals surface area contributed by atoms with E-state index < -0.39 is 47.8 Å². The standard InChI is InChI=1S/C24H23N3O7/c28-12-18-20(30)21(31)24(34-18,27-9-8-19(29)26-23(27)33)22(32)25-11-14-5-3-7-16-15-6-2-1-4-13(15)10-17(14)16/h1-9,18,20-21,28,30-31H,10-12H2,(H,25,32)(H,26,29,33)/t18-,20-,21-,24+/m1/s1. The second-order valence-corrected chi connectivity index (χ2v) is 8.41. The lowest BCUT2D eigenvalue weighted by atomic mass is 9.99. The van der Waals surface area contributed by atoms with E-state index in [0.29, 0.717) is 6.42 Å². The molecule has 5 N–H and O–H groups in total. The lowest BCUT2D eigenvalue weighted by Gasteiger charge is -2.32. The van der Waals surface area contributed by atoms with Crippen molar-refractivity contribution in [1.82, 2.24) is 14.9 Å². The molecule has 2 aliphatic rings. The van der Waals surface area contributed by atoms with Crippen LogP contribution in [0.25, 0.3) is 11.1 Å². The van der Waals surface area contributed by atoms with Gasteiger partial charge in [-0.1, -0.05) is 42.5 Å². The first-order valence-electron chi connectivity index (χ1n) is 10.8. The molecule has 1 amide bonds. The Morgan fingerprint density at radius 1 is 1.12 bits per heavy atom. The Morgan fingerprint density at radius 2 is 1.88 bits per heavy atom. The number of carbonyl (C=O) groups is 1. The topological polar surface area (TPSA) is 154 Å².